The van der Waals surface area contributed by atoms with E-state index in [2.05, 4.69) is 96.5 Å². The van der Waals surface area contributed by atoms with Gasteiger partial charge < -0.3 is 30.3 Å². The average Bonchev–Trinajstić information content (AvgIpc) is 3.21. The van der Waals surface area contributed by atoms with Crippen molar-refractivity contribution >= 4 is 25.7 Å². The highest BCUT2D eigenvalue weighted by Crippen LogP contribution is 2.43. The van der Waals surface area contributed by atoms with Gasteiger partial charge in [-0.3, -0.25) is 23.4 Å². The third-order valence-corrected chi connectivity index (χ3v) is 9.43. The number of rotatable bonds is 38. The van der Waals surface area contributed by atoms with Crippen molar-refractivity contribution in [3.8, 4) is 0 Å². The van der Waals surface area contributed by atoms with Crippen molar-refractivity contribution in [3.63, 3.8) is 0 Å². The van der Waals surface area contributed by atoms with Gasteiger partial charge in [0.15, 0.2) is 6.10 Å². The van der Waals surface area contributed by atoms with Crippen molar-refractivity contribution in [3.05, 3.63) is 97.2 Å². The van der Waals surface area contributed by atoms with Crippen LogP contribution in [0.25, 0.3) is 0 Å². The number of esters is 2. The van der Waals surface area contributed by atoms with E-state index < -0.39 is 57.7 Å². The lowest BCUT2D eigenvalue weighted by Gasteiger charge is -2.20. The molecule has 0 aromatic carbocycles. The number of aliphatic hydroxyl groups is 1. The van der Waals surface area contributed by atoms with E-state index in [-0.39, 0.29) is 18.9 Å². The van der Waals surface area contributed by atoms with Gasteiger partial charge in [-0.05, 0) is 96.3 Å². The van der Waals surface area contributed by atoms with E-state index in [1.807, 2.05) is 19.1 Å². The Kier molecular flexibility index (Phi) is 37.3. The second-order valence-electron chi connectivity index (χ2n) is 13.9. The number of carboxylic acids is 1. The highest BCUT2D eigenvalue weighted by atomic mass is 31.2. The first-order valence-corrected chi connectivity index (χ1v) is 22.8. The van der Waals surface area contributed by atoms with Crippen LogP contribution in [0.3, 0.4) is 0 Å². The molecule has 0 aliphatic heterocycles. The van der Waals surface area contributed by atoms with Crippen LogP contribution in [0, 0.1) is 0 Å². The van der Waals surface area contributed by atoms with Gasteiger partial charge in [-0.25, -0.2) is 4.57 Å². The molecule has 0 aliphatic rings. The molecule has 4 atom stereocenters. The fourth-order valence-electron chi connectivity index (χ4n) is 4.97. The molecule has 0 aliphatic carbocycles. The number of unbranched alkanes of at least 4 members (excludes halogenated alkanes) is 5. The zero-order chi connectivity index (χ0) is 43.7. The van der Waals surface area contributed by atoms with Crippen molar-refractivity contribution < 1.29 is 52.6 Å². The average molecular weight is 848 g/mol. The number of carbonyl (C=O) groups is 3. The number of hydrogen-bond donors (Lipinski definition) is 4. The minimum Gasteiger partial charge on any atom is -0.480 e. The van der Waals surface area contributed by atoms with Gasteiger partial charge in [0, 0.05) is 12.8 Å². The summed E-state index contributed by atoms with van der Waals surface area (Å²) in [6, 6.07) is -1.54. The molecule has 59 heavy (non-hydrogen) atoms. The van der Waals surface area contributed by atoms with Crippen LogP contribution in [0.15, 0.2) is 97.2 Å². The SMILES string of the molecule is CC/C=C\C/C=C\C/C=C\C/C=C\CCCCCCC(=O)O[C@H](COC(=O)CCC/C=C\C/C=C\C/C=C\C/C=C\CC[C@@H](O)CC)COP(=O)(O)OC[C@H](N)C(=O)O. The molecule has 0 bridgehead atoms. The fraction of sp³-hybridized carbons (Fsp3) is 0.587. The topological polar surface area (TPSA) is 192 Å². The molecule has 0 aromatic heterocycles. The molecule has 0 saturated heterocycles. The number of carbonyl (C=O) groups excluding carboxylic acids is 2. The number of allylic oxidation sites excluding steroid dienone is 16. The maximum Gasteiger partial charge on any atom is 0.472 e. The molecule has 0 aromatic rings. The summed E-state index contributed by atoms with van der Waals surface area (Å²) in [4.78, 5) is 45.9. The molecule has 5 N–H and O–H groups in total. The van der Waals surface area contributed by atoms with Gasteiger partial charge in [-0.15, -0.1) is 0 Å². The number of phosphoric ester groups is 1. The van der Waals surface area contributed by atoms with E-state index >= 15 is 0 Å². The lowest BCUT2D eigenvalue weighted by molar-refractivity contribution is -0.161. The van der Waals surface area contributed by atoms with E-state index in [9.17, 15) is 28.9 Å². The van der Waals surface area contributed by atoms with Crippen molar-refractivity contribution in [2.45, 2.75) is 154 Å². The number of aliphatic carboxylic acids is 1. The lowest BCUT2D eigenvalue weighted by atomic mass is 10.1. The molecule has 12 nitrogen and oxygen atoms in total. The maximum atomic E-state index is 12.6. The Morgan fingerprint density at radius 1 is 0.593 bits per heavy atom. The van der Waals surface area contributed by atoms with Gasteiger partial charge >= 0.3 is 25.7 Å². The summed E-state index contributed by atoms with van der Waals surface area (Å²) >= 11 is 0. The van der Waals surface area contributed by atoms with Gasteiger partial charge in [0.25, 0.3) is 0 Å². The minimum absolute atomic E-state index is 0.108. The highest BCUT2D eigenvalue weighted by Gasteiger charge is 2.28. The zero-order valence-corrected chi connectivity index (χ0v) is 36.6. The van der Waals surface area contributed by atoms with Crippen molar-refractivity contribution in [1.29, 1.82) is 0 Å². The molecule has 0 fully saturated rings. The summed E-state index contributed by atoms with van der Waals surface area (Å²) in [5, 5.41) is 18.4. The summed E-state index contributed by atoms with van der Waals surface area (Å²) in [6.07, 6.45) is 47.1. The molecular weight excluding hydrogens is 773 g/mol. The molecule has 0 rings (SSSR count). The van der Waals surface area contributed by atoms with Crippen LogP contribution in [-0.4, -0.2) is 71.1 Å². The van der Waals surface area contributed by atoms with E-state index in [4.69, 9.17) is 24.8 Å². The van der Waals surface area contributed by atoms with Crippen LogP contribution >= 0.6 is 7.82 Å². The van der Waals surface area contributed by atoms with Crippen LogP contribution in [0.1, 0.15) is 136 Å². The Hall–Kier alpha value is -3.64. The number of aliphatic hydroxyl groups excluding tert-OH is 1. The molecule has 0 radical (unpaired) electrons. The summed E-state index contributed by atoms with van der Waals surface area (Å²) < 4.78 is 32.6. The largest absolute Gasteiger partial charge is 0.480 e. The smallest absolute Gasteiger partial charge is 0.472 e. The van der Waals surface area contributed by atoms with E-state index in [1.54, 1.807) is 0 Å². The molecule has 0 saturated carbocycles. The maximum absolute atomic E-state index is 12.6. The Bertz CT molecular complexity index is 1380. The Morgan fingerprint density at radius 3 is 1.58 bits per heavy atom. The summed E-state index contributed by atoms with van der Waals surface area (Å²) in [5.41, 5.74) is 5.32. The van der Waals surface area contributed by atoms with Gasteiger partial charge in [0.2, 0.25) is 0 Å². The Labute approximate surface area is 354 Å². The summed E-state index contributed by atoms with van der Waals surface area (Å²) in [7, 11) is -4.75. The molecule has 13 heteroatoms. The van der Waals surface area contributed by atoms with Crippen LogP contribution < -0.4 is 5.73 Å². The first kappa shape index (κ1) is 55.4. The summed E-state index contributed by atoms with van der Waals surface area (Å²) in [5.74, 6) is -2.52. The zero-order valence-electron chi connectivity index (χ0n) is 35.7. The fourth-order valence-corrected chi connectivity index (χ4v) is 5.75. The minimum atomic E-state index is -4.75. The predicted octanol–water partition coefficient (Wildman–Crippen LogP) is 10.2. The van der Waals surface area contributed by atoms with E-state index in [0.717, 1.165) is 89.9 Å². The van der Waals surface area contributed by atoms with Gasteiger partial charge in [0.1, 0.15) is 12.6 Å². The van der Waals surface area contributed by atoms with E-state index in [0.29, 0.717) is 19.3 Å². The van der Waals surface area contributed by atoms with Crippen molar-refractivity contribution in [2.75, 3.05) is 19.8 Å². The molecule has 0 spiro atoms. The molecule has 1 unspecified atom stereocenters. The van der Waals surface area contributed by atoms with E-state index in [1.165, 1.54) is 0 Å². The van der Waals surface area contributed by atoms with Gasteiger partial charge in [-0.1, -0.05) is 124 Å². The van der Waals surface area contributed by atoms with Crippen LogP contribution in [0.5, 0.6) is 0 Å². The Balaban J connectivity index is 4.55. The van der Waals surface area contributed by atoms with Crippen molar-refractivity contribution in [1.82, 2.24) is 0 Å². The predicted molar refractivity (Wildman–Crippen MR) is 236 cm³/mol. The van der Waals surface area contributed by atoms with Crippen LogP contribution in [0.2, 0.25) is 0 Å². The van der Waals surface area contributed by atoms with Crippen LogP contribution in [-0.2, 0) is 37.5 Å². The van der Waals surface area contributed by atoms with Gasteiger partial charge in [-0.2, -0.15) is 0 Å². The highest BCUT2D eigenvalue weighted by molar-refractivity contribution is 7.47. The second-order valence-corrected chi connectivity index (χ2v) is 15.3. The van der Waals surface area contributed by atoms with Crippen LogP contribution in [0.4, 0.5) is 0 Å². The first-order chi connectivity index (χ1) is 28.5. The molecule has 0 amide bonds. The molecule has 334 valence electrons. The quantitative estimate of drug-likeness (QED) is 0.0199. The number of hydrogen-bond acceptors (Lipinski definition) is 10. The monoisotopic (exact) mass is 847 g/mol. The van der Waals surface area contributed by atoms with Crippen molar-refractivity contribution in [2.24, 2.45) is 5.73 Å². The number of ether oxygens (including phenoxy) is 2. The standard InChI is InChI=1S/C46H74NO11P/c1-3-5-6-7-8-9-10-11-12-13-14-19-22-25-28-31-34-37-45(50)58-42(39-56-59(53,54)57-40-43(47)46(51)52)38-55-44(49)36-33-30-27-24-21-18-16-15-17-20-23-26-29-32-35-41(48)4-2/h5-6,8-9,11-12,14,16-20,24,26-27,29,41-43,48H,3-4,7,10,13,15,21-23,25,28,30-40,47H2,1-2H3,(H,51,52)(H,53,54)/b6-5-,9-8-,12-11-,18-16-,19-14-,20-17-,27-24-,29-26-/t41-,42+,43-/m0/s1. The van der Waals surface area contributed by atoms with Gasteiger partial charge in [0.05, 0.1) is 19.3 Å². The normalized spacial score (nSPS) is 15.2. The summed E-state index contributed by atoms with van der Waals surface area (Å²) in [6.45, 7) is 2.30. The second kappa shape index (κ2) is 39.8. The molecular formula is C46H74NO11P. The first-order valence-electron chi connectivity index (χ1n) is 21.3. The number of carboxylic acid groups (broad SMARTS) is 1. The third kappa shape index (κ3) is 39.6. The third-order valence-electron chi connectivity index (χ3n) is 8.48. The number of phosphoric acid groups is 1. The number of nitrogens with two attached hydrogens (primary N) is 1. The molecule has 0 heterocycles. The lowest BCUT2D eigenvalue weighted by Crippen LogP contribution is -2.34. The Morgan fingerprint density at radius 2 is 1.05 bits per heavy atom.